The minimum atomic E-state index is -0.00470. The molecule has 0 bridgehead atoms. The van der Waals surface area contributed by atoms with Crippen LogP contribution in [0, 0.1) is 6.92 Å². The van der Waals surface area contributed by atoms with E-state index in [4.69, 9.17) is 16.3 Å². The maximum absolute atomic E-state index is 13.1. The summed E-state index contributed by atoms with van der Waals surface area (Å²) in [5, 5.41) is 0.971. The quantitative estimate of drug-likeness (QED) is 0.907. The number of likely N-dealkylation sites (tertiary alicyclic amines) is 1. The van der Waals surface area contributed by atoms with Crippen LogP contribution in [0.25, 0.3) is 10.9 Å². The molecule has 1 N–H and O–H groups in total. The van der Waals surface area contributed by atoms with Crippen LogP contribution in [0.4, 0.5) is 0 Å². The van der Waals surface area contributed by atoms with E-state index >= 15 is 0 Å². The minimum absolute atomic E-state index is 0.00470. The number of H-pyrrole nitrogens is 1. The number of piperidine rings is 1. The Balaban J connectivity index is 1.97. The number of methoxy groups -OCH3 is 1. The Labute approximate surface area is 153 Å². The van der Waals surface area contributed by atoms with Crippen LogP contribution in [-0.2, 0) is 6.54 Å². The van der Waals surface area contributed by atoms with Crippen LogP contribution in [0.3, 0.4) is 0 Å². The molecule has 0 unspecified atom stereocenters. The fraction of sp³-hybridized carbons (Fsp3) is 0.526. The summed E-state index contributed by atoms with van der Waals surface area (Å²) in [6, 6.07) is 4.01. The van der Waals surface area contributed by atoms with Gasteiger partial charge in [-0.2, -0.15) is 0 Å². The smallest absolute Gasteiger partial charge is 0.195 e. The summed E-state index contributed by atoms with van der Waals surface area (Å²) in [7, 11) is 5.86. The van der Waals surface area contributed by atoms with Gasteiger partial charge in [0.25, 0.3) is 0 Å². The first-order valence-corrected chi connectivity index (χ1v) is 9.07. The summed E-state index contributed by atoms with van der Waals surface area (Å²) in [6.07, 6.45) is 2.26. The van der Waals surface area contributed by atoms with Gasteiger partial charge in [-0.25, -0.2) is 0 Å². The molecule has 136 valence electrons. The molecule has 1 aromatic carbocycles. The van der Waals surface area contributed by atoms with Gasteiger partial charge in [0.1, 0.15) is 5.75 Å². The second kappa shape index (κ2) is 7.36. The predicted molar refractivity (Wildman–Crippen MR) is 103 cm³/mol. The van der Waals surface area contributed by atoms with Crippen molar-refractivity contribution < 1.29 is 4.74 Å². The summed E-state index contributed by atoms with van der Waals surface area (Å²) in [5.41, 5.74) is 2.32. The molecular formula is C19H26ClN3O2. The number of nitrogens with zero attached hydrogens (tertiary/aromatic N) is 2. The molecule has 25 heavy (non-hydrogen) atoms. The first-order valence-electron chi connectivity index (χ1n) is 8.69. The number of ether oxygens (including phenoxy) is 1. The number of hydrogen-bond acceptors (Lipinski definition) is 4. The number of aromatic amines is 1. The third kappa shape index (κ3) is 3.54. The molecule has 0 amide bonds. The van der Waals surface area contributed by atoms with Crippen molar-refractivity contribution in [2.75, 3.05) is 34.3 Å². The molecule has 0 radical (unpaired) electrons. The molecule has 1 aromatic heterocycles. The number of fused-ring (bicyclic) bond motifs is 1. The van der Waals surface area contributed by atoms with Crippen LogP contribution in [0.1, 0.15) is 24.1 Å². The van der Waals surface area contributed by atoms with Gasteiger partial charge in [-0.1, -0.05) is 11.6 Å². The normalized spacial score (nSPS) is 16.7. The topological polar surface area (TPSA) is 48.6 Å². The molecule has 1 aliphatic heterocycles. The molecule has 6 heteroatoms. The van der Waals surface area contributed by atoms with Crippen molar-refractivity contribution in [3.05, 3.63) is 38.6 Å². The van der Waals surface area contributed by atoms with Gasteiger partial charge in [-0.3, -0.25) is 9.69 Å². The van der Waals surface area contributed by atoms with E-state index in [0.29, 0.717) is 34.3 Å². The highest BCUT2D eigenvalue weighted by molar-refractivity contribution is 6.35. The Hall–Kier alpha value is -1.56. The van der Waals surface area contributed by atoms with E-state index in [1.165, 1.54) is 0 Å². The van der Waals surface area contributed by atoms with Gasteiger partial charge in [0, 0.05) is 23.8 Å². The third-order valence-electron chi connectivity index (χ3n) is 5.32. The second-order valence-corrected chi connectivity index (χ2v) is 7.41. The van der Waals surface area contributed by atoms with Gasteiger partial charge < -0.3 is 14.6 Å². The van der Waals surface area contributed by atoms with Gasteiger partial charge in [0.05, 0.1) is 23.0 Å². The lowest BCUT2D eigenvalue weighted by molar-refractivity contribution is 0.139. The van der Waals surface area contributed by atoms with Crippen molar-refractivity contribution in [3.63, 3.8) is 0 Å². The minimum Gasteiger partial charge on any atom is -0.495 e. The van der Waals surface area contributed by atoms with Crippen LogP contribution in [-0.4, -0.2) is 55.1 Å². The number of hydrogen-bond donors (Lipinski definition) is 1. The SMILES string of the molecule is COc1ccc(Cl)c2c(=O)c(CN(C)C3CCN(C)CC3)c(C)[nH]c12. The van der Waals surface area contributed by atoms with Gasteiger partial charge in [-0.05, 0) is 59.1 Å². The Kier molecular flexibility index (Phi) is 5.37. The van der Waals surface area contributed by atoms with E-state index in [0.717, 1.165) is 37.2 Å². The second-order valence-electron chi connectivity index (χ2n) is 7.01. The number of halogens is 1. The summed E-state index contributed by atoms with van der Waals surface area (Å²) in [4.78, 5) is 21.1. The molecule has 2 heterocycles. The molecule has 1 saturated heterocycles. The number of aromatic nitrogens is 1. The number of nitrogens with one attached hydrogen (secondary N) is 1. The fourth-order valence-corrected chi connectivity index (χ4v) is 3.91. The number of rotatable bonds is 4. The highest BCUT2D eigenvalue weighted by Gasteiger charge is 2.23. The zero-order valence-corrected chi connectivity index (χ0v) is 16.1. The lowest BCUT2D eigenvalue weighted by Gasteiger charge is -2.35. The van der Waals surface area contributed by atoms with Gasteiger partial charge in [0.2, 0.25) is 0 Å². The number of benzene rings is 1. The monoisotopic (exact) mass is 363 g/mol. The van der Waals surface area contributed by atoms with E-state index in [-0.39, 0.29) is 5.43 Å². The molecular weight excluding hydrogens is 338 g/mol. The van der Waals surface area contributed by atoms with E-state index in [9.17, 15) is 4.79 Å². The maximum atomic E-state index is 13.1. The third-order valence-corrected chi connectivity index (χ3v) is 5.64. The zero-order valence-electron chi connectivity index (χ0n) is 15.4. The lowest BCUT2D eigenvalue weighted by Crippen LogP contribution is -2.42. The molecule has 1 fully saturated rings. The van der Waals surface area contributed by atoms with Gasteiger partial charge in [0.15, 0.2) is 5.43 Å². The fourth-order valence-electron chi connectivity index (χ4n) is 3.66. The number of aryl methyl sites for hydroxylation is 1. The zero-order chi connectivity index (χ0) is 18.1. The summed E-state index contributed by atoms with van der Waals surface area (Å²) in [6.45, 7) is 4.77. The Morgan fingerprint density at radius 2 is 2.04 bits per heavy atom. The molecule has 5 nitrogen and oxygen atoms in total. The number of pyridine rings is 1. The molecule has 0 spiro atoms. The predicted octanol–water partition coefficient (Wildman–Crippen LogP) is 3.02. The average Bonchev–Trinajstić information content (AvgIpc) is 2.59. The van der Waals surface area contributed by atoms with Crippen LogP contribution < -0.4 is 10.2 Å². The van der Waals surface area contributed by atoms with Crippen LogP contribution in [0.15, 0.2) is 16.9 Å². The average molecular weight is 364 g/mol. The van der Waals surface area contributed by atoms with Crippen molar-refractivity contribution in [1.82, 2.24) is 14.8 Å². The largest absolute Gasteiger partial charge is 0.495 e. The van der Waals surface area contributed by atoms with Crippen molar-refractivity contribution >= 4 is 22.5 Å². The van der Waals surface area contributed by atoms with Crippen molar-refractivity contribution in [2.24, 2.45) is 0 Å². The van der Waals surface area contributed by atoms with Gasteiger partial charge >= 0.3 is 0 Å². The standard InChI is InChI=1S/C19H26ClN3O2/c1-12-14(11-23(3)13-7-9-22(2)10-8-13)19(24)17-15(20)5-6-16(25-4)18(17)21-12/h5-6,13H,7-11H2,1-4H3,(H,21,24). The van der Waals surface area contributed by atoms with E-state index < -0.39 is 0 Å². The molecule has 0 atom stereocenters. The molecule has 0 aliphatic carbocycles. The van der Waals surface area contributed by atoms with Crippen molar-refractivity contribution in [1.29, 1.82) is 0 Å². The van der Waals surface area contributed by atoms with Crippen LogP contribution >= 0.6 is 11.6 Å². The van der Waals surface area contributed by atoms with Crippen LogP contribution in [0.2, 0.25) is 5.02 Å². The molecule has 1 aliphatic rings. The summed E-state index contributed by atoms with van der Waals surface area (Å²) < 4.78 is 5.37. The first-order chi connectivity index (χ1) is 11.9. The van der Waals surface area contributed by atoms with Gasteiger partial charge in [-0.15, -0.1) is 0 Å². The Morgan fingerprint density at radius 3 is 2.68 bits per heavy atom. The maximum Gasteiger partial charge on any atom is 0.195 e. The van der Waals surface area contributed by atoms with Crippen LogP contribution in [0.5, 0.6) is 5.75 Å². The molecule has 2 aromatic rings. The molecule has 0 saturated carbocycles. The van der Waals surface area contributed by atoms with Crippen molar-refractivity contribution in [3.8, 4) is 5.75 Å². The summed E-state index contributed by atoms with van der Waals surface area (Å²) >= 11 is 6.32. The first kappa shape index (κ1) is 18.2. The Morgan fingerprint density at radius 1 is 1.36 bits per heavy atom. The van der Waals surface area contributed by atoms with E-state index in [1.54, 1.807) is 19.2 Å². The van der Waals surface area contributed by atoms with E-state index in [2.05, 4.69) is 28.9 Å². The highest BCUT2D eigenvalue weighted by Crippen LogP contribution is 2.29. The van der Waals surface area contributed by atoms with Crippen molar-refractivity contribution in [2.45, 2.75) is 32.4 Å². The molecule has 3 rings (SSSR count). The Bertz CT molecular complexity index is 826. The van der Waals surface area contributed by atoms with E-state index in [1.807, 2.05) is 6.92 Å². The summed E-state index contributed by atoms with van der Waals surface area (Å²) in [5.74, 6) is 0.634. The lowest BCUT2D eigenvalue weighted by atomic mass is 10.0. The highest BCUT2D eigenvalue weighted by atomic mass is 35.5.